The summed E-state index contributed by atoms with van der Waals surface area (Å²) in [5.74, 6) is 0. The molecule has 0 amide bonds. The molecule has 0 nitrogen and oxygen atoms in total. The molecule has 0 aromatic carbocycles. The average Bonchev–Trinajstić information content (AvgIpc) is 1.37. The van der Waals surface area contributed by atoms with Crippen LogP contribution in [0.5, 0.6) is 0 Å². The summed E-state index contributed by atoms with van der Waals surface area (Å²) in [6, 6.07) is 0. The van der Waals surface area contributed by atoms with Gasteiger partial charge in [-0.1, -0.05) is 13.3 Å². The lowest BCUT2D eigenvalue weighted by Gasteiger charge is -1.73. The summed E-state index contributed by atoms with van der Waals surface area (Å²) < 4.78 is 0. The maximum Gasteiger partial charge on any atom is -0.0479 e. The zero-order valence-corrected chi connectivity index (χ0v) is 2.41. The Bertz CT molecular complexity index is 5.25. The highest BCUT2D eigenvalue weighted by molar-refractivity contribution is 6.08. The van der Waals surface area contributed by atoms with Crippen LogP contribution in [0.15, 0.2) is 0 Å². The molecule has 0 heterocycles. The second kappa shape index (κ2) is 3.06. The Morgan fingerprint density at radius 1 is 1.75 bits per heavy atom. The van der Waals surface area contributed by atoms with Gasteiger partial charge >= 0.3 is 0 Å². The van der Waals surface area contributed by atoms with Crippen molar-refractivity contribution in [3.05, 3.63) is 0 Å². The minimum Gasteiger partial charge on any atom is -0.187 e. The Morgan fingerprint density at radius 2 is 2.00 bits per heavy atom. The van der Waals surface area contributed by atoms with Crippen LogP contribution >= 0.6 is 0 Å². The largest absolute Gasteiger partial charge is 0.187 e. The molecule has 0 unspecified atom stereocenters. The van der Waals surface area contributed by atoms with Gasteiger partial charge in [0.25, 0.3) is 0 Å². The highest BCUT2D eigenvalue weighted by atomic mass is 13.5. The molecule has 0 saturated carbocycles. The van der Waals surface area contributed by atoms with Crippen molar-refractivity contribution >= 4 is 7.85 Å². The molecule has 0 atom stereocenters. The van der Waals surface area contributed by atoms with Gasteiger partial charge < -0.3 is 0 Å². The first-order valence-electron chi connectivity index (χ1n) is 1.21. The Hall–Kier alpha value is 0.0649. The number of hydrogen-bond donors (Lipinski definition) is 0. The summed E-state index contributed by atoms with van der Waals surface area (Å²) in [6.07, 6.45) is 3.00. The van der Waals surface area contributed by atoms with E-state index in [2.05, 4.69) is 6.92 Å². The quantitative estimate of drug-likeness (QED) is 0.376. The van der Waals surface area contributed by atoms with Gasteiger partial charge in [-0.05, 0) is 7.85 Å². The van der Waals surface area contributed by atoms with Crippen LogP contribution in [0.1, 0.15) is 13.3 Å². The molecule has 0 N–H and O–H groups in total. The lowest BCUT2D eigenvalue weighted by atomic mass is 10.0. The van der Waals surface area contributed by atoms with Gasteiger partial charge in [0.1, 0.15) is 0 Å². The predicted octanol–water partition coefficient (Wildman–Crippen LogP) is 0.180. The van der Waals surface area contributed by atoms with Crippen LogP contribution in [0.25, 0.3) is 0 Å². The molecule has 0 spiro atoms. The second-order valence-electron chi connectivity index (χ2n) is 0.500. The maximum atomic E-state index is 2.24. The van der Waals surface area contributed by atoms with Crippen molar-refractivity contribution in [3.8, 4) is 0 Å². The van der Waals surface area contributed by atoms with Crippen molar-refractivity contribution in [2.24, 2.45) is 0 Å². The lowest BCUT2D eigenvalue weighted by molar-refractivity contribution is 1.08. The SMILES string of the molecule is [BH3-]CCC. The van der Waals surface area contributed by atoms with Crippen molar-refractivity contribution < 1.29 is 0 Å². The van der Waals surface area contributed by atoms with Crippen LogP contribution in [-0.4, -0.2) is 7.85 Å². The number of hydrogen-bond acceptors (Lipinski definition) is 0. The van der Waals surface area contributed by atoms with Gasteiger partial charge in [-0.15, -0.1) is 0 Å². The van der Waals surface area contributed by atoms with Gasteiger partial charge in [0, 0.05) is 0 Å². The first-order chi connectivity index (χ1) is 1.91. The minimum absolute atomic E-state index is 0.757. The third-order valence-corrected chi connectivity index (χ3v) is 0. The van der Waals surface area contributed by atoms with E-state index in [9.17, 15) is 0 Å². The molecule has 0 fully saturated rings. The van der Waals surface area contributed by atoms with Crippen molar-refractivity contribution in [2.75, 3.05) is 0 Å². The van der Waals surface area contributed by atoms with E-state index in [-0.39, 0.29) is 0 Å². The molecule has 0 aliphatic rings. The fraction of sp³-hybridized carbons (Fsp3) is 1.00. The summed E-state index contributed by atoms with van der Waals surface area (Å²) in [5, 5.41) is 0. The van der Waals surface area contributed by atoms with Gasteiger partial charge in [0.15, 0.2) is 0 Å². The van der Waals surface area contributed by atoms with Gasteiger partial charge in [-0.25, -0.2) is 0 Å². The van der Waals surface area contributed by atoms with Crippen molar-refractivity contribution in [1.82, 2.24) is 0 Å². The fourth-order valence-corrected chi connectivity index (χ4v) is 0. The van der Waals surface area contributed by atoms with E-state index < -0.39 is 0 Å². The molecule has 4 heavy (non-hydrogen) atoms. The van der Waals surface area contributed by atoms with Crippen LogP contribution in [-0.2, 0) is 0 Å². The zero-order valence-electron chi connectivity index (χ0n) is 2.41. The standard InChI is InChI=1S/C3H10B/c1-2-3-4/h2-3H2,1,4H3/q-1. The van der Waals surface area contributed by atoms with Crippen molar-refractivity contribution in [3.63, 3.8) is 0 Å². The third-order valence-electron chi connectivity index (χ3n) is 0. The highest BCUT2D eigenvalue weighted by Gasteiger charge is 1.50. The molecule has 1 heteroatoms. The molecule has 0 aliphatic heterocycles. The molecule has 0 saturated heterocycles. The summed E-state index contributed by atoms with van der Waals surface area (Å²) in [5.41, 5.74) is 0. The van der Waals surface area contributed by atoms with E-state index in [0.29, 0.717) is 0 Å². The van der Waals surface area contributed by atoms with Gasteiger partial charge in [-0.2, -0.15) is 6.32 Å². The molecule has 0 radical (unpaired) electrons. The first kappa shape index (κ1) is 4.06. The van der Waals surface area contributed by atoms with Crippen LogP contribution in [0.3, 0.4) is 0 Å². The van der Waals surface area contributed by atoms with Crippen LogP contribution < -0.4 is 0 Å². The summed E-state index contributed by atoms with van der Waals surface area (Å²) >= 11 is 0. The van der Waals surface area contributed by atoms with E-state index in [1.165, 1.54) is 6.42 Å². The minimum atomic E-state index is 0.757. The molecule has 0 bridgehead atoms. The Kier molecular flexibility index (Phi) is 3.11. The maximum absolute atomic E-state index is 2.24. The average molecular weight is 56.9 g/mol. The van der Waals surface area contributed by atoms with Gasteiger partial charge in [-0.3, -0.25) is 0 Å². The Balaban J connectivity index is 1.97. The van der Waals surface area contributed by atoms with Crippen LogP contribution in [0, 0.1) is 0 Å². The fourth-order valence-electron chi connectivity index (χ4n) is 0. The summed E-state index contributed by atoms with van der Waals surface area (Å²) in [6.45, 7) is 2.24. The molecule has 0 aliphatic carbocycles. The van der Waals surface area contributed by atoms with Crippen molar-refractivity contribution in [2.45, 2.75) is 19.7 Å². The van der Waals surface area contributed by atoms with E-state index >= 15 is 0 Å². The topological polar surface area (TPSA) is 0 Å². The van der Waals surface area contributed by atoms with E-state index in [0.717, 1.165) is 7.85 Å². The zero-order chi connectivity index (χ0) is 3.41. The predicted molar refractivity (Wildman–Crippen MR) is 25.0 cm³/mol. The highest BCUT2D eigenvalue weighted by Crippen LogP contribution is 1.73. The van der Waals surface area contributed by atoms with E-state index in [1.54, 1.807) is 6.32 Å². The molecule has 0 aromatic rings. The first-order valence-corrected chi connectivity index (χ1v) is 1.21. The third kappa shape index (κ3) is 2.06. The number of rotatable bonds is 1. The van der Waals surface area contributed by atoms with Crippen LogP contribution in [0.2, 0.25) is 6.32 Å². The summed E-state index contributed by atoms with van der Waals surface area (Å²) in [4.78, 5) is 0. The van der Waals surface area contributed by atoms with E-state index in [1.807, 2.05) is 0 Å². The van der Waals surface area contributed by atoms with Crippen molar-refractivity contribution in [1.29, 1.82) is 0 Å². The molecular weight excluding hydrogens is 46.8 g/mol. The van der Waals surface area contributed by atoms with Gasteiger partial charge in [0.05, 0.1) is 0 Å². The monoisotopic (exact) mass is 57.1 g/mol. The lowest BCUT2D eigenvalue weighted by Crippen LogP contribution is -1.55. The van der Waals surface area contributed by atoms with Crippen LogP contribution in [0.4, 0.5) is 0 Å². The normalized spacial score (nSPS) is 7.50. The summed E-state index contributed by atoms with van der Waals surface area (Å²) in [7, 11) is 0.757. The Morgan fingerprint density at radius 3 is 2.00 bits per heavy atom. The molecule has 0 rings (SSSR count). The molecular formula is C3H10B-. The molecule has 0 aromatic heterocycles. The Labute approximate surface area is 28.6 Å². The second-order valence-corrected chi connectivity index (χ2v) is 0.500. The van der Waals surface area contributed by atoms with Gasteiger partial charge in [0.2, 0.25) is 0 Å². The smallest absolute Gasteiger partial charge is 0.0479 e. The van der Waals surface area contributed by atoms with E-state index in [4.69, 9.17) is 0 Å². The molecule has 26 valence electrons.